The molecule has 0 radical (unpaired) electrons. The van der Waals surface area contributed by atoms with E-state index in [1.807, 2.05) is 0 Å². The van der Waals surface area contributed by atoms with Gasteiger partial charge < -0.3 is 40.8 Å². The summed E-state index contributed by atoms with van der Waals surface area (Å²) in [5.41, 5.74) is 0.0584. The van der Waals surface area contributed by atoms with Crippen LogP contribution in [0.4, 0.5) is 0 Å². The molecule has 212 valence electrons. The lowest BCUT2D eigenvalue weighted by Gasteiger charge is -2.36. The standard InChI is InChI=1S/C24H54O9Si2/c1-25-21-22-33-20-16-15-19-32-18-14-12-10-8-9-11-13-17-24(35(29-5,30-6)31-7)23-34(26-2,27-3)28-4/h24H,8-23H2,1-7H3. The van der Waals surface area contributed by atoms with Gasteiger partial charge in [0, 0.05) is 81.2 Å². The number of methoxy groups -OCH3 is 1. The highest BCUT2D eigenvalue weighted by Crippen LogP contribution is 2.37. The van der Waals surface area contributed by atoms with Crippen molar-refractivity contribution in [2.24, 2.45) is 0 Å². The van der Waals surface area contributed by atoms with Crippen LogP contribution in [-0.2, 0) is 40.8 Å². The molecule has 0 aromatic rings. The Morgan fingerprint density at radius 2 is 0.886 bits per heavy atom. The van der Waals surface area contributed by atoms with Gasteiger partial charge in [0.2, 0.25) is 0 Å². The van der Waals surface area contributed by atoms with Crippen molar-refractivity contribution in [3.05, 3.63) is 0 Å². The smallest absolute Gasteiger partial charge is 0.382 e. The maximum absolute atomic E-state index is 5.79. The molecule has 0 saturated heterocycles. The van der Waals surface area contributed by atoms with Gasteiger partial charge >= 0.3 is 17.6 Å². The lowest BCUT2D eigenvalue weighted by molar-refractivity contribution is 0.0625. The van der Waals surface area contributed by atoms with Crippen molar-refractivity contribution < 1.29 is 40.8 Å². The molecule has 35 heavy (non-hydrogen) atoms. The van der Waals surface area contributed by atoms with E-state index in [4.69, 9.17) is 40.8 Å². The Hall–Kier alpha value is 0.0738. The van der Waals surface area contributed by atoms with Crippen molar-refractivity contribution in [3.8, 4) is 0 Å². The lowest BCUT2D eigenvalue weighted by atomic mass is 10.1. The van der Waals surface area contributed by atoms with Crippen LogP contribution < -0.4 is 0 Å². The predicted octanol–water partition coefficient (Wildman–Crippen LogP) is 4.69. The zero-order chi connectivity index (χ0) is 26.3. The Labute approximate surface area is 217 Å². The maximum atomic E-state index is 5.79. The van der Waals surface area contributed by atoms with Gasteiger partial charge in [0.15, 0.2) is 0 Å². The second kappa shape index (κ2) is 23.2. The van der Waals surface area contributed by atoms with Crippen molar-refractivity contribution in [1.29, 1.82) is 0 Å². The van der Waals surface area contributed by atoms with Crippen LogP contribution in [-0.4, -0.2) is 100 Å². The highest BCUT2D eigenvalue weighted by Gasteiger charge is 2.53. The first kappa shape index (κ1) is 35.1. The van der Waals surface area contributed by atoms with Crippen LogP contribution in [0.2, 0.25) is 11.6 Å². The molecule has 1 unspecified atom stereocenters. The minimum absolute atomic E-state index is 0.0584. The van der Waals surface area contributed by atoms with Gasteiger partial charge in [-0.15, -0.1) is 0 Å². The molecule has 0 saturated carbocycles. The summed E-state index contributed by atoms with van der Waals surface area (Å²) in [5.74, 6) is 0. The van der Waals surface area contributed by atoms with Crippen LogP contribution in [0.1, 0.15) is 64.2 Å². The van der Waals surface area contributed by atoms with E-state index in [2.05, 4.69) is 0 Å². The van der Waals surface area contributed by atoms with Crippen LogP contribution in [0, 0.1) is 0 Å². The van der Waals surface area contributed by atoms with Crippen LogP contribution in [0.3, 0.4) is 0 Å². The summed E-state index contributed by atoms with van der Waals surface area (Å²) in [5, 5.41) is 0. The quantitative estimate of drug-likeness (QED) is 0.108. The van der Waals surface area contributed by atoms with Crippen molar-refractivity contribution in [2.45, 2.75) is 75.8 Å². The highest BCUT2D eigenvalue weighted by atomic mass is 28.4. The monoisotopic (exact) mass is 542 g/mol. The summed E-state index contributed by atoms with van der Waals surface area (Å²) in [6, 6.07) is 0.610. The Bertz CT molecular complexity index is 436. The van der Waals surface area contributed by atoms with Gasteiger partial charge in [-0.3, -0.25) is 0 Å². The van der Waals surface area contributed by atoms with E-state index in [9.17, 15) is 0 Å². The predicted molar refractivity (Wildman–Crippen MR) is 142 cm³/mol. The van der Waals surface area contributed by atoms with E-state index in [1.54, 1.807) is 49.8 Å². The average molecular weight is 543 g/mol. The average Bonchev–Trinajstić information content (AvgIpc) is 2.90. The minimum Gasteiger partial charge on any atom is -0.382 e. The Morgan fingerprint density at radius 1 is 0.457 bits per heavy atom. The molecule has 0 bridgehead atoms. The van der Waals surface area contributed by atoms with Gasteiger partial charge in [-0.1, -0.05) is 38.5 Å². The molecule has 0 heterocycles. The third-order valence-electron chi connectivity index (χ3n) is 6.38. The molecule has 0 aromatic heterocycles. The molecule has 0 rings (SSSR count). The molecule has 1 atom stereocenters. The van der Waals surface area contributed by atoms with Gasteiger partial charge in [-0.25, -0.2) is 0 Å². The number of unbranched alkanes of at least 4 members (excludes halogenated alkanes) is 7. The van der Waals surface area contributed by atoms with Crippen molar-refractivity contribution in [2.75, 3.05) is 82.8 Å². The van der Waals surface area contributed by atoms with E-state index in [1.165, 1.54) is 32.1 Å². The molecular weight excluding hydrogens is 488 g/mol. The molecule has 0 spiro atoms. The highest BCUT2D eigenvalue weighted by molar-refractivity contribution is 6.67. The third kappa shape index (κ3) is 15.2. The van der Waals surface area contributed by atoms with Gasteiger partial charge in [-0.2, -0.15) is 0 Å². The molecule has 0 aromatic carbocycles. The van der Waals surface area contributed by atoms with Crippen LogP contribution >= 0.6 is 0 Å². The minimum atomic E-state index is -2.85. The second-order valence-corrected chi connectivity index (χ2v) is 14.8. The molecule has 0 fully saturated rings. The van der Waals surface area contributed by atoms with E-state index in [0.29, 0.717) is 19.3 Å². The van der Waals surface area contributed by atoms with Crippen molar-refractivity contribution in [1.82, 2.24) is 0 Å². The Kier molecular flexibility index (Phi) is 23.3. The lowest BCUT2D eigenvalue weighted by Crippen LogP contribution is -2.53. The van der Waals surface area contributed by atoms with Crippen molar-refractivity contribution in [3.63, 3.8) is 0 Å². The SMILES string of the molecule is COCCOCCCCOCCCCCCCCCC(C[Si](OC)(OC)OC)[Si](OC)(OC)OC. The molecule has 0 N–H and O–H groups in total. The Morgan fingerprint density at radius 3 is 1.34 bits per heavy atom. The van der Waals surface area contributed by atoms with Gasteiger partial charge in [0.1, 0.15) is 0 Å². The van der Waals surface area contributed by atoms with Gasteiger partial charge in [0.05, 0.1) is 13.2 Å². The van der Waals surface area contributed by atoms with Gasteiger partial charge in [0.25, 0.3) is 0 Å². The summed E-state index contributed by atoms with van der Waals surface area (Å²) in [4.78, 5) is 0. The van der Waals surface area contributed by atoms with Crippen LogP contribution in [0.25, 0.3) is 0 Å². The summed E-state index contributed by atoms with van der Waals surface area (Å²) in [6.07, 6.45) is 11.3. The first-order valence-electron chi connectivity index (χ1n) is 13.0. The van der Waals surface area contributed by atoms with Gasteiger partial charge in [-0.05, 0) is 25.7 Å². The first-order valence-corrected chi connectivity index (χ1v) is 16.7. The molecule has 11 heteroatoms. The summed E-state index contributed by atoms with van der Waals surface area (Å²) >= 11 is 0. The molecule has 9 nitrogen and oxygen atoms in total. The van der Waals surface area contributed by atoms with E-state index in [0.717, 1.165) is 51.9 Å². The number of ether oxygens (including phenoxy) is 3. The molecular formula is C24H54O9Si2. The van der Waals surface area contributed by atoms with E-state index >= 15 is 0 Å². The molecule has 0 aliphatic rings. The topological polar surface area (TPSA) is 83.1 Å². The summed E-state index contributed by atoms with van der Waals surface area (Å²) in [6.45, 7) is 3.80. The molecule has 0 aliphatic carbocycles. The number of rotatable bonds is 27. The number of hydrogen-bond acceptors (Lipinski definition) is 9. The second-order valence-electron chi connectivity index (χ2n) is 8.60. The fourth-order valence-electron chi connectivity index (χ4n) is 4.19. The van der Waals surface area contributed by atoms with E-state index in [-0.39, 0.29) is 5.54 Å². The summed E-state index contributed by atoms with van der Waals surface area (Å²) < 4.78 is 50.5. The summed E-state index contributed by atoms with van der Waals surface area (Å²) in [7, 11) is 5.94. The first-order chi connectivity index (χ1) is 17.0. The van der Waals surface area contributed by atoms with E-state index < -0.39 is 17.6 Å². The molecule has 0 aliphatic heterocycles. The Balaban J connectivity index is 4.03. The fourth-order valence-corrected chi connectivity index (χ4v) is 9.80. The zero-order valence-corrected chi connectivity index (χ0v) is 25.6. The number of hydrogen-bond donors (Lipinski definition) is 0. The third-order valence-corrected chi connectivity index (χ3v) is 12.9. The fraction of sp³-hybridized carbons (Fsp3) is 1.00. The van der Waals surface area contributed by atoms with Crippen molar-refractivity contribution >= 4 is 17.6 Å². The molecule has 0 amide bonds. The van der Waals surface area contributed by atoms with Crippen LogP contribution in [0.5, 0.6) is 0 Å². The normalized spacial score (nSPS) is 13.5. The zero-order valence-electron chi connectivity index (χ0n) is 23.6. The van der Waals surface area contributed by atoms with Crippen LogP contribution in [0.15, 0.2) is 0 Å². The largest absolute Gasteiger partial charge is 0.503 e. The maximum Gasteiger partial charge on any atom is 0.503 e.